The summed E-state index contributed by atoms with van der Waals surface area (Å²) in [6.07, 6.45) is 2.25. The average molecular weight is 304 g/mol. The molecule has 1 heterocycles. The van der Waals surface area contributed by atoms with Crippen LogP contribution in [0.3, 0.4) is 0 Å². The highest BCUT2D eigenvalue weighted by atomic mass is 79.9. The molecule has 0 aliphatic carbocycles. The number of halogens is 1. The van der Waals surface area contributed by atoms with Crippen LogP contribution in [0.4, 0.5) is 5.69 Å². The lowest BCUT2D eigenvalue weighted by Gasteiger charge is -2.21. The highest BCUT2D eigenvalue weighted by Crippen LogP contribution is 2.18. The fraction of sp³-hybridized carbons (Fsp3) is 0.636. The molecule has 1 rings (SSSR count). The topological polar surface area (TPSA) is 67.2 Å². The van der Waals surface area contributed by atoms with E-state index in [1.807, 2.05) is 20.8 Å². The van der Waals surface area contributed by atoms with E-state index in [1.54, 1.807) is 6.20 Å². The maximum Gasteiger partial charge on any atom is 0.283 e. The molecule has 0 aliphatic rings. The molecule has 1 aromatic heterocycles. The Morgan fingerprint density at radius 3 is 2.71 bits per heavy atom. The molecule has 0 bridgehead atoms. The maximum absolute atomic E-state index is 12.0. The lowest BCUT2D eigenvalue weighted by Crippen LogP contribution is -2.36. The zero-order chi connectivity index (χ0) is 13.1. The predicted molar refractivity (Wildman–Crippen MR) is 71.4 cm³/mol. The monoisotopic (exact) mass is 303 g/mol. The van der Waals surface area contributed by atoms with Crippen molar-refractivity contribution in [2.75, 3.05) is 18.5 Å². The average Bonchev–Trinajstić information content (AvgIpc) is 2.23. The zero-order valence-electron chi connectivity index (χ0n) is 10.3. The Morgan fingerprint density at radius 1 is 1.53 bits per heavy atom. The number of aromatic nitrogens is 2. The Hall–Kier alpha value is -0.880. The van der Waals surface area contributed by atoms with E-state index in [1.165, 1.54) is 4.68 Å². The number of hydrogen-bond acceptors (Lipinski definition) is 4. The van der Waals surface area contributed by atoms with E-state index in [0.29, 0.717) is 23.1 Å². The Balaban J connectivity index is 2.99. The van der Waals surface area contributed by atoms with E-state index < -0.39 is 0 Å². The van der Waals surface area contributed by atoms with Crippen LogP contribution in [0.5, 0.6) is 0 Å². The van der Waals surface area contributed by atoms with Crippen molar-refractivity contribution in [3.05, 3.63) is 21.0 Å². The van der Waals surface area contributed by atoms with Gasteiger partial charge in [-0.25, -0.2) is 4.68 Å². The maximum atomic E-state index is 12.0. The molecule has 1 aromatic rings. The van der Waals surface area contributed by atoms with Gasteiger partial charge in [-0.1, -0.05) is 0 Å². The van der Waals surface area contributed by atoms with Gasteiger partial charge < -0.3 is 10.4 Å². The second-order valence-electron chi connectivity index (χ2n) is 4.76. The van der Waals surface area contributed by atoms with Crippen LogP contribution in [0.25, 0.3) is 0 Å². The third-order valence-corrected chi connectivity index (χ3v) is 2.97. The van der Waals surface area contributed by atoms with Crippen molar-refractivity contribution in [3.8, 4) is 0 Å². The van der Waals surface area contributed by atoms with Crippen LogP contribution >= 0.6 is 15.9 Å². The number of hydrogen-bond donors (Lipinski definition) is 2. The highest BCUT2D eigenvalue weighted by Gasteiger charge is 2.18. The van der Waals surface area contributed by atoms with Gasteiger partial charge in [0.1, 0.15) is 4.47 Å². The van der Waals surface area contributed by atoms with Crippen molar-refractivity contribution >= 4 is 21.6 Å². The van der Waals surface area contributed by atoms with Crippen molar-refractivity contribution in [1.29, 1.82) is 0 Å². The smallest absolute Gasteiger partial charge is 0.283 e. The molecule has 6 heteroatoms. The van der Waals surface area contributed by atoms with Crippen LogP contribution in [0.15, 0.2) is 15.5 Å². The van der Waals surface area contributed by atoms with Crippen LogP contribution in [-0.4, -0.2) is 28.0 Å². The minimum absolute atomic E-state index is 0.122. The van der Waals surface area contributed by atoms with Gasteiger partial charge in [0.2, 0.25) is 0 Å². The third kappa shape index (κ3) is 3.54. The van der Waals surface area contributed by atoms with Crippen LogP contribution in [-0.2, 0) is 5.54 Å². The summed E-state index contributed by atoms with van der Waals surface area (Å²) in [5.74, 6) is 0. The molecule has 0 radical (unpaired) electrons. The van der Waals surface area contributed by atoms with Gasteiger partial charge in [-0.05, 0) is 43.1 Å². The first-order valence-electron chi connectivity index (χ1n) is 5.51. The van der Waals surface area contributed by atoms with Gasteiger partial charge in [-0.3, -0.25) is 4.79 Å². The van der Waals surface area contributed by atoms with E-state index in [0.717, 1.165) is 0 Å². The summed E-state index contributed by atoms with van der Waals surface area (Å²) in [6.45, 7) is 6.50. The molecule has 2 N–H and O–H groups in total. The second kappa shape index (κ2) is 5.64. The van der Waals surface area contributed by atoms with Gasteiger partial charge >= 0.3 is 0 Å². The first-order chi connectivity index (χ1) is 7.88. The predicted octanol–water partition coefficient (Wildman–Crippen LogP) is 1.56. The Morgan fingerprint density at radius 2 is 2.18 bits per heavy atom. The van der Waals surface area contributed by atoms with Crippen LogP contribution in [0.1, 0.15) is 27.2 Å². The molecule has 0 saturated carbocycles. The molecule has 0 unspecified atom stereocenters. The summed E-state index contributed by atoms with van der Waals surface area (Å²) in [4.78, 5) is 12.0. The molecule has 17 heavy (non-hydrogen) atoms. The molecule has 0 amide bonds. The number of rotatable bonds is 4. The van der Waals surface area contributed by atoms with Crippen molar-refractivity contribution in [3.63, 3.8) is 0 Å². The van der Waals surface area contributed by atoms with Crippen molar-refractivity contribution in [2.24, 2.45) is 0 Å². The SMILES string of the molecule is CC(C)(C)n1ncc(NCCCO)c(Br)c1=O. The second-order valence-corrected chi connectivity index (χ2v) is 5.56. The first-order valence-corrected chi connectivity index (χ1v) is 6.30. The van der Waals surface area contributed by atoms with Gasteiger partial charge in [0.05, 0.1) is 17.4 Å². The number of aliphatic hydroxyl groups is 1. The fourth-order valence-corrected chi connectivity index (χ4v) is 1.75. The molecule has 0 aromatic carbocycles. The van der Waals surface area contributed by atoms with E-state index in [9.17, 15) is 4.79 Å². The van der Waals surface area contributed by atoms with Gasteiger partial charge in [0.15, 0.2) is 0 Å². The lowest BCUT2D eigenvalue weighted by molar-refractivity contribution is 0.292. The van der Waals surface area contributed by atoms with Gasteiger partial charge in [0.25, 0.3) is 5.56 Å². The summed E-state index contributed by atoms with van der Waals surface area (Å²) in [5.41, 5.74) is 0.152. The Kier molecular flexibility index (Phi) is 4.70. The zero-order valence-corrected chi connectivity index (χ0v) is 11.9. The van der Waals surface area contributed by atoms with Crippen LogP contribution in [0, 0.1) is 0 Å². The summed E-state index contributed by atoms with van der Waals surface area (Å²) < 4.78 is 1.91. The number of nitrogens with zero attached hydrogens (tertiary/aromatic N) is 2. The Bertz CT molecular complexity index is 437. The molecule has 0 spiro atoms. The van der Waals surface area contributed by atoms with E-state index in [-0.39, 0.29) is 17.7 Å². The number of anilines is 1. The van der Waals surface area contributed by atoms with Crippen molar-refractivity contribution in [1.82, 2.24) is 9.78 Å². The quantitative estimate of drug-likeness (QED) is 0.828. The first kappa shape index (κ1) is 14.2. The molecular formula is C11H18BrN3O2. The summed E-state index contributed by atoms with van der Waals surface area (Å²) >= 11 is 3.28. The van der Waals surface area contributed by atoms with Crippen LogP contribution < -0.4 is 10.9 Å². The van der Waals surface area contributed by atoms with Crippen LogP contribution in [0.2, 0.25) is 0 Å². The summed E-state index contributed by atoms with van der Waals surface area (Å²) in [6, 6.07) is 0. The van der Waals surface area contributed by atoms with Crippen molar-refractivity contribution in [2.45, 2.75) is 32.7 Å². The molecule has 5 nitrogen and oxygen atoms in total. The largest absolute Gasteiger partial charge is 0.396 e. The Labute approximate surface area is 109 Å². The summed E-state index contributed by atoms with van der Waals surface area (Å²) in [5, 5.41) is 15.9. The fourth-order valence-electron chi connectivity index (χ4n) is 1.34. The summed E-state index contributed by atoms with van der Waals surface area (Å²) in [7, 11) is 0. The number of aliphatic hydroxyl groups excluding tert-OH is 1. The van der Waals surface area contributed by atoms with Gasteiger partial charge in [-0.2, -0.15) is 5.10 Å². The molecule has 96 valence electrons. The minimum atomic E-state index is -0.344. The molecule has 0 fully saturated rings. The molecular weight excluding hydrogens is 286 g/mol. The van der Waals surface area contributed by atoms with Gasteiger partial charge in [0, 0.05) is 13.2 Å². The molecule has 0 aliphatic heterocycles. The lowest BCUT2D eigenvalue weighted by atomic mass is 10.1. The number of nitrogens with one attached hydrogen (secondary N) is 1. The minimum Gasteiger partial charge on any atom is -0.396 e. The highest BCUT2D eigenvalue weighted by molar-refractivity contribution is 9.10. The standard InChI is InChI=1S/C11H18BrN3O2/c1-11(2,3)15-10(17)9(12)8(7-14-15)13-5-4-6-16/h7,13,16H,4-6H2,1-3H3. The normalized spacial score (nSPS) is 11.6. The van der Waals surface area contributed by atoms with Gasteiger partial charge in [-0.15, -0.1) is 0 Å². The third-order valence-electron chi connectivity index (χ3n) is 2.20. The van der Waals surface area contributed by atoms with E-state index >= 15 is 0 Å². The van der Waals surface area contributed by atoms with Crippen molar-refractivity contribution < 1.29 is 5.11 Å². The molecule has 0 atom stereocenters. The molecule has 0 saturated heterocycles. The van der Waals surface area contributed by atoms with E-state index in [4.69, 9.17) is 5.11 Å². The van der Waals surface area contributed by atoms with E-state index in [2.05, 4.69) is 26.3 Å².